The zero-order valence-corrected chi connectivity index (χ0v) is 18.2. The minimum absolute atomic E-state index is 0.170. The van der Waals surface area contributed by atoms with Crippen molar-refractivity contribution >= 4 is 16.6 Å². The van der Waals surface area contributed by atoms with Gasteiger partial charge in [-0.15, -0.1) is 10.2 Å². The second kappa shape index (κ2) is 8.77. The molecule has 31 heavy (non-hydrogen) atoms. The lowest BCUT2D eigenvalue weighted by molar-refractivity contribution is 0.0512. The average Bonchev–Trinajstić information content (AvgIpc) is 3.64. The fourth-order valence-corrected chi connectivity index (χ4v) is 4.37. The maximum absolute atomic E-state index is 5.90. The van der Waals surface area contributed by atoms with Crippen molar-refractivity contribution in [3.05, 3.63) is 42.1 Å². The standard InChI is InChI=1S/C24H29N5O2/c1-29-11-5-6-18(14-29)26-24-20-8-4-3-7-19(20)22(27-28-24)23-21(31-15-30-2)12-17(13-25-23)16-9-10-16/h3-4,7-8,12-13,16,18H,5-6,9-11,14-15H2,1-2H3,(H,26,28)/t18-/m1/s1. The lowest BCUT2D eigenvalue weighted by Gasteiger charge is -2.30. The average molecular weight is 420 g/mol. The second-order valence-corrected chi connectivity index (χ2v) is 8.63. The first kappa shape index (κ1) is 20.2. The Morgan fingerprint density at radius 1 is 1.10 bits per heavy atom. The number of nitrogens with zero attached hydrogens (tertiary/aromatic N) is 4. The smallest absolute Gasteiger partial charge is 0.188 e. The van der Waals surface area contributed by atoms with E-state index in [0.29, 0.717) is 23.4 Å². The largest absolute Gasteiger partial charge is 0.465 e. The molecule has 162 valence electrons. The van der Waals surface area contributed by atoms with Gasteiger partial charge in [0.15, 0.2) is 18.4 Å². The summed E-state index contributed by atoms with van der Waals surface area (Å²) in [5, 5.41) is 14.9. The summed E-state index contributed by atoms with van der Waals surface area (Å²) in [7, 11) is 3.79. The Morgan fingerprint density at radius 2 is 1.94 bits per heavy atom. The molecule has 5 rings (SSSR count). The molecule has 1 atom stereocenters. The third-order valence-electron chi connectivity index (χ3n) is 6.13. The molecule has 3 aromatic rings. The molecule has 1 N–H and O–H groups in total. The van der Waals surface area contributed by atoms with Gasteiger partial charge in [0, 0.05) is 36.7 Å². The van der Waals surface area contributed by atoms with Crippen LogP contribution in [0.2, 0.25) is 0 Å². The SMILES string of the molecule is COCOc1cc(C2CC2)cnc1-c1nnc(N[C@@H]2CCCN(C)C2)c2ccccc12. The zero-order chi connectivity index (χ0) is 21.2. The summed E-state index contributed by atoms with van der Waals surface area (Å²) in [6.45, 7) is 2.33. The summed E-state index contributed by atoms with van der Waals surface area (Å²) in [6, 6.07) is 10.7. The van der Waals surface area contributed by atoms with Crippen LogP contribution < -0.4 is 10.1 Å². The Hall–Kier alpha value is -2.77. The van der Waals surface area contributed by atoms with Crippen LogP contribution in [0.3, 0.4) is 0 Å². The first-order chi connectivity index (χ1) is 15.2. The van der Waals surface area contributed by atoms with Gasteiger partial charge in [0.2, 0.25) is 0 Å². The van der Waals surface area contributed by atoms with Gasteiger partial charge in [-0.2, -0.15) is 0 Å². The van der Waals surface area contributed by atoms with Crippen molar-refractivity contribution in [1.29, 1.82) is 0 Å². The van der Waals surface area contributed by atoms with Crippen LogP contribution in [-0.4, -0.2) is 60.2 Å². The molecule has 2 aromatic heterocycles. The maximum Gasteiger partial charge on any atom is 0.188 e. The van der Waals surface area contributed by atoms with E-state index in [2.05, 4.69) is 45.7 Å². The highest BCUT2D eigenvalue weighted by atomic mass is 16.7. The lowest BCUT2D eigenvalue weighted by Crippen LogP contribution is -2.40. The Kier molecular flexibility index (Phi) is 5.70. The number of nitrogens with one attached hydrogen (secondary N) is 1. The molecule has 0 spiro atoms. The highest BCUT2D eigenvalue weighted by Gasteiger charge is 2.26. The molecule has 2 aliphatic rings. The van der Waals surface area contributed by atoms with E-state index in [0.717, 1.165) is 41.8 Å². The van der Waals surface area contributed by atoms with Crippen molar-refractivity contribution in [2.75, 3.05) is 39.4 Å². The normalized spacial score (nSPS) is 19.5. The van der Waals surface area contributed by atoms with Crippen LogP contribution in [0.5, 0.6) is 5.75 Å². The summed E-state index contributed by atoms with van der Waals surface area (Å²) in [5.41, 5.74) is 2.65. The molecule has 1 saturated heterocycles. The van der Waals surface area contributed by atoms with E-state index in [-0.39, 0.29) is 6.79 Å². The number of rotatable bonds is 7. The predicted molar refractivity (Wildman–Crippen MR) is 121 cm³/mol. The molecule has 7 heteroatoms. The molecular formula is C24H29N5O2. The number of pyridine rings is 1. The van der Waals surface area contributed by atoms with Crippen LogP contribution in [0, 0.1) is 0 Å². The Morgan fingerprint density at radius 3 is 2.71 bits per heavy atom. The van der Waals surface area contributed by atoms with Gasteiger partial charge >= 0.3 is 0 Å². The highest BCUT2D eigenvalue weighted by molar-refractivity contribution is 6.00. The molecule has 7 nitrogen and oxygen atoms in total. The summed E-state index contributed by atoms with van der Waals surface area (Å²) in [5.74, 6) is 2.11. The topological polar surface area (TPSA) is 72.4 Å². The molecule has 1 aromatic carbocycles. The number of hydrogen-bond donors (Lipinski definition) is 1. The molecule has 1 aliphatic heterocycles. The van der Waals surface area contributed by atoms with E-state index in [1.807, 2.05) is 18.3 Å². The van der Waals surface area contributed by atoms with E-state index in [9.17, 15) is 0 Å². The summed E-state index contributed by atoms with van der Waals surface area (Å²) in [6.07, 6.45) is 6.71. The number of anilines is 1. The fraction of sp³-hybridized carbons (Fsp3) is 0.458. The van der Waals surface area contributed by atoms with Crippen LogP contribution in [0.25, 0.3) is 22.2 Å². The molecule has 0 unspecified atom stereocenters. The quantitative estimate of drug-likeness (QED) is 0.579. The molecule has 1 saturated carbocycles. The van der Waals surface area contributed by atoms with E-state index in [1.165, 1.54) is 24.8 Å². The Balaban J connectivity index is 1.53. The van der Waals surface area contributed by atoms with Crippen molar-refractivity contribution in [3.8, 4) is 17.1 Å². The second-order valence-electron chi connectivity index (χ2n) is 8.63. The molecular weight excluding hydrogens is 390 g/mol. The van der Waals surface area contributed by atoms with Gasteiger partial charge in [-0.05, 0) is 56.8 Å². The van der Waals surface area contributed by atoms with Gasteiger partial charge in [0.1, 0.15) is 11.4 Å². The lowest BCUT2D eigenvalue weighted by atomic mass is 10.0. The number of aromatic nitrogens is 3. The van der Waals surface area contributed by atoms with Crippen molar-refractivity contribution in [2.24, 2.45) is 0 Å². The molecule has 0 amide bonds. The van der Waals surface area contributed by atoms with E-state index >= 15 is 0 Å². The van der Waals surface area contributed by atoms with Crippen LogP contribution in [0.4, 0.5) is 5.82 Å². The molecule has 3 heterocycles. The van der Waals surface area contributed by atoms with Crippen molar-refractivity contribution in [3.63, 3.8) is 0 Å². The fourth-order valence-electron chi connectivity index (χ4n) is 4.37. The van der Waals surface area contributed by atoms with Gasteiger partial charge in [-0.3, -0.25) is 4.98 Å². The van der Waals surface area contributed by atoms with E-state index < -0.39 is 0 Å². The minimum atomic E-state index is 0.170. The highest BCUT2D eigenvalue weighted by Crippen LogP contribution is 2.43. The summed E-state index contributed by atoms with van der Waals surface area (Å²) >= 11 is 0. The molecule has 2 fully saturated rings. The number of ether oxygens (including phenoxy) is 2. The van der Waals surface area contributed by atoms with Gasteiger partial charge in [-0.25, -0.2) is 0 Å². The number of methoxy groups -OCH3 is 1. The van der Waals surface area contributed by atoms with Crippen molar-refractivity contribution in [1.82, 2.24) is 20.1 Å². The monoisotopic (exact) mass is 419 g/mol. The van der Waals surface area contributed by atoms with Crippen LogP contribution in [0.15, 0.2) is 36.5 Å². The van der Waals surface area contributed by atoms with Crippen LogP contribution in [-0.2, 0) is 4.74 Å². The number of hydrogen-bond acceptors (Lipinski definition) is 7. The number of piperidine rings is 1. The van der Waals surface area contributed by atoms with Crippen LogP contribution >= 0.6 is 0 Å². The minimum Gasteiger partial charge on any atom is -0.465 e. The summed E-state index contributed by atoms with van der Waals surface area (Å²) in [4.78, 5) is 7.12. The first-order valence-electron chi connectivity index (χ1n) is 11.1. The number of fused-ring (bicyclic) bond motifs is 1. The molecule has 0 bridgehead atoms. The molecule has 0 radical (unpaired) electrons. The van der Waals surface area contributed by atoms with Crippen molar-refractivity contribution < 1.29 is 9.47 Å². The van der Waals surface area contributed by atoms with E-state index in [4.69, 9.17) is 14.5 Å². The molecule has 1 aliphatic carbocycles. The Bertz CT molecular complexity index is 1070. The zero-order valence-electron chi connectivity index (χ0n) is 18.2. The van der Waals surface area contributed by atoms with Gasteiger partial charge in [0.05, 0.1) is 0 Å². The number of likely N-dealkylation sites (N-methyl/N-ethyl adjacent to an activating group) is 1. The van der Waals surface area contributed by atoms with Crippen LogP contribution in [0.1, 0.15) is 37.2 Å². The van der Waals surface area contributed by atoms with E-state index in [1.54, 1.807) is 7.11 Å². The first-order valence-corrected chi connectivity index (χ1v) is 11.1. The van der Waals surface area contributed by atoms with Gasteiger partial charge in [-0.1, -0.05) is 24.3 Å². The maximum atomic E-state index is 5.90. The number of likely N-dealkylation sites (tertiary alicyclic amines) is 1. The third kappa shape index (κ3) is 4.34. The predicted octanol–water partition coefficient (Wildman–Crippen LogP) is 4.06. The summed E-state index contributed by atoms with van der Waals surface area (Å²) < 4.78 is 11.1. The van der Waals surface area contributed by atoms with Crippen molar-refractivity contribution in [2.45, 2.75) is 37.6 Å². The third-order valence-corrected chi connectivity index (χ3v) is 6.13. The van der Waals surface area contributed by atoms with Gasteiger partial charge < -0.3 is 19.7 Å². The Labute approximate surface area is 182 Å². The van der Waals surface area contributed by atoms with Gasteiger partial charge in [0.25, 0.3) is 0 Å². The number of benzene rings is 1.